The molecule has 20 heavy (non-hydrogen) atoms. The van der Waals surface area contributed by atoms with E-state index < -0.39 is 0 Å². The summed E-state index contributed by atoms with van der Waals surface area (Å²) >= 11 is 6.67. The molecule has 1 aliphatic rings. The Bertz CT molecular complexity index is 442. The fourth-order valence-electron chi connectivity index (χ4n) is 3.57. The first-order valence-electron chi connectivity index (χ1n) is 8.11. The van der Waals surface area contributed by atoms with E-state index in [9.17, 15) is 0 Å². The second-order valence-corrected chi connectivity index (χ2v) is 8.34. The van der Waals surface area contributed by atoms with Gasteiger partial charge in [-0.25, -0.2) is 0 Å². The highest BCUT2D eigenvalue weighted by atomic mass is 35.5. The summed E-state index contributed by atoms with van der Waals surface area (Å²) in [4.78, 5) is 0. The molecule has 0 fully saturated rings. The summed E-state index contributed by atoms with van der Waals surface area (Å²) in [6.45, 7) is 9.27. The highest BCUT2D eigenvalue weighted by Crippen LogP contribution is 2.35. The topological polar surface area (TPSA) is 0 Å². The van der Waals surface area contributed by atoms with E-state index in [2.05, 4.69) is 45.9 Å². The monoisotopic (exact) mass is 292 g/mol. The number of hydrogen-bond donors (Lipinski definition) is 0. The summed E-state index contributed by atoms with van der Waals surface area (Å²) in [5, 5.41) is 0.166. The zero-order valence-electron chi connectivity index (χ0n) is 13.5. The second-order valence-electron chi connectivity index (χ2n) is 7.81. The molecule has 0 aliphatic heterocycles. The van der Waals surface area contributed by atoms with Gasteiger partial charge in [-0.15, -0.1) is 11.6 Å². The van der Waals surface area contributed by atoms with E-state index in [1.165, 1.54) is 37.7 Å². The molecule has 2 unspecified atom stereocenters. The standard InChI is InChI=1S/C19H29Cl/c1-14(13-19(2,3)4)11-18(20)17-10-9-15-7-5-6-8-16(15)12-17/h9-10,12,14,18H,5-8,11,13H2,1-4H3. The van der Waals surface area contributed by atoms with Crippen molar-refractivity contribution in [3.05, 3.63) is 34.9 Å². The third kappa shape index (κ3) is 4.52. The smallest absolute Gasteiger partial charge is 0.0587 e. The van der Waals surface area contributed by atoms with Crippen molar-refractivity contribution in [2.45, 2.75) is 71.6 Å². The Morgan fingerprint density at radius 2 is 1.75 bits per heavy atom. The summed E-state index contributed by atoms with van der Waals surface area (Å²) < 4.78 is 0. The van der Waals surface area contributed by atoms with Crippen LogP contribution in [0.25, 0.3) is 0 Å². The molecular weight excluding hydrogens is 264 g/mol. The minimum atomic E-state index is 0.166. The lowest BCUT2D eigenvalue weighted by Gasteiger charge is -2.25. The van der Waals surface area contributed by atoms with Gasteiger partial charge in [-0.3, -0.25) is 0 Å². The lowest BCUT2D eigenvalue weighted by Crippen LogP contribution is -2.12. The predicted molar refractivity (Wildman–Crippen MR) is 89.5 cm³/mol. The first kappa shape index (κ1) is 15.9. The van der Waals surface area contributed by atoms with Crippen molar-refractivity contribution in [2.24, 2.45) is 11.3 Å². The maximum Gasteiger partial charge on any atom is 0.0587 e. The molecule has 1 aromatic rings. The molecule has 2 rings (SSSR count). The molecule has 1 heteroatoms. The predicted octanol–water partition coefficient (Wildman–Crippen LogP) is 6.31. The molecule has 0 spiro atoms. The number of rotatable bonds is 4. The zero-order valence-corrected chi connectivity index (χ0v) is 14.3. The van der Waals surface area contributed by atoms with Crippen molar-refractivity contribution in [2.75, 3.05) is 0 Å². The van der Waals surface area contributed by atoms with E-state index >= 15 is 0 Å². The number of benzene rings is 1. The van der Waals surface area contributed by atoms with Crippen molar-refractivity contribution in [3.63, 3.8) is 0 Å². The normalized spacial score (nSPS) is 18.4. The molecule has 0 radical (unpaired) electrons. The van der Waals surface area contributed by atoms with Gasteiger partial charge >= 0.3 is 0 Å². The summed E-state index contributed by atoms with van der Waals surface area (Å²) in [5.74, 6) is 0.675. The lowest BCUT2D eigenvalue weighted by molar-refractivity contribution is 0.295. The minimum absolute atomic E-state index is 0.166. The summed E-state index contributed by atoms with van der Waals surface area (Å²) in [7, 11) is 0. The first-order valence-corrected chi connectivity index (χ1v) is 8.54. The molecule has 1 aromatic carbocycles. The van der Waals surface area contributed by atoms with E-state index in [4.69, 9.17) is 11.6 Å². The highest BCUT2D eigenvalue weighted by molar-refractivity contribution is 6.20. The fourth-order valence-corrected chi connectivity index (χ4v) is 4.01. The zero-order chi connectivity index (χ0) is 14.8. The van der Waals surface area contributed by atoms with Crippen molar-refractivity contribution in [3.8, 4) is 0 Å². The summed E-state index contributed by atoms with van der Waals surface area (Å²) in [6, 6.07) is 6.94. The highest BCUT2D eigenvalue weighted by Gasteiger charge is 2.20. The van der Waals surface area contributed by atoms with Crippen LogP contribution in [-0.2, 0) is 12.8 Å². The van der Waals surface area contributed by atoms with Crippen molar-refractivity contribution in [1.29, 1.82) is 0 Å². The molecule has 112 valence electrons. The molecule has 0 amide bonds. The van der Waals surface area contributed by atoms with Gasteiger partial charge in [0.15, 0.2) is 0 Å². The molecule has 2 atom stereocenters. The third-order valence-electron chi connectivity index (χ3n) is 4.30. The van der Waals surface area contributed by atoms with Crippen LogP contribution < -0.4 is 0 Å². The van der Waals surface area contributed by atoms with E-state index in [1.54, 1.807) is 11.1 Å². The maximum atomic E-state index is 6.67. The van der Waals surface area contributed by atoms with Crippen molar-refractivity contribution < 1.29 is 0 Å². The van der Waals surface area contributed by atoms with Crippen molar-refractivity contribution in [1.82, 2.24) is 0 Å². The SMILES string of the molecule is CC(CC(Cl)c1ccc2c(c1)CCCC2)CC(C)(C)C. The molecule has 0 saturated heterocycles. The average molecular weight is 293 g/mol. The third-order valence-corrected chi connectivity index (χ3v) is 4.73. The van der Waals surface area contributed by atoms with E-state index in [0.717, 1.165) is 6.42 Å². The quantitative estimate of drug-likeness (QED) is 0.571. The van der Waals surface area contributed by atoms with Gasteiger partial charge in [-0.05, 0) is 66.5 Å². The molecule has 0 N–H and O–H groups in total. The van der Waals surface area contributed by atoms with Crippen LogP contribution in [0, 0.1) is 11.3 Å². The fraction of sp³-hybridized carbons (Fsp3) is 0.684. The van der Waals surface area contributed by atoms with Gasteiger partial charge in [0.2, 0.25) is 0 Å². The molecule has 0 nitrogen and oxygen atoms in total. The van der Waals surface area contributed by atoms with E-state index in [1.807, 2.05) is 0 Å². The maximum absolute atomic E-state index is 6.67. The first-order chi connectivity index (χ1) is 9.35. The lowest BCUT2D eigenvalue weighted by atomic mass is 9.82. The summed E-state index contributed by atoms with van der Waals surface area (Å²) in [6.07, 6.45) is 7.50. The molecular formula is C19H29Cl. The Morgan fingerprint density at radius 1 is 1.10 bits per heavy atom. The van der Waals surface area contributed by atoms with Crippen LogP contribution >= 0.6 is 11.6 Å². The van der Waals surface area contributed by atoms with E-state index in [-0.39, 0.29) is 5.38 Å². The van der Waals surface area contributed by atoms with Gasteiger partial charge in [-0.1, -0.05) is 45.9 Å². The minimum Gasteiger partial charge on any atom is -0.118 e. The van der Waals surface area contributed by atoms with Crippen LogP contribution in [0.4, 0.5) is 0 Å². The Kier molecular flexibility index (Phi) is 5.18. The van der Waals surface area contributed by atoms with Gasteiger partial charge in [-0.2, -0.15) is 0 Å². The van der Waals surface area contributed by atoms with Crippen LogP contribution in [0.2, 0.25) is 0 Å². The van der Waals surface area contributed by atoms with Crippen LogP contribution in [0.15, 0.2) is 18.2 Å². The number of hydrogen-bond acceptors (Lipinski definition) is 0. The molecule has 0 saturated carbocycles. The summed E-state index contributed by atoms with van der Waals surface area (Å²) in [5.41, 5.74) is 4.81. The Balaban J connectivity index is 2.00. The van der Waals surface area contributed by atoms with Gasteiger partial charge in [0.05, 0.1) is 5.38 Å². The Morgan fingerprint density at radius 3 is 2.40 bits per heavy atom. The number of aryl methyl sites for hydroxylation is 2. The van der Waals surface area contributed by atoms with E-state index in [0.29, 0.717) is 11.3 Å². The number of halogens is 1. The van der Waals surface area contributed by atoms with Crippen LogP contribution in [-0.4, -0.2) is 0 Å². The molecule has 0 aromatic heterocycles. The van der Waals surface area contributed by atoms with Gasteiger partial charge in [0.1, 0.15) is 0 Å². The van der Waals surface area contributed by atoms with Gasteiger partial charge < -0.3 is 0 Å². The Hall–Kier alpha value is -0.490. The van der Waals surface area contributed by atoms with Crippen molar-refractivity contribution >= 4 is 11.6 Å². The largest absolute Gasteiger partial charge is 0.118 e. The number of fused-ring (bicyclic) bond motifs is 1. The Labute approximate surface area is 129 Å². The van der Waals surface area contributed by atoms with Gasteiger partial charge in [0, 0.05) is 0 Å². The van der Waals surface area contributed by atoms with Gasteiger partial charge in [0.25, 0.3) is 0 Å². The van der Waals surface area contributed by atoms with Crippen LogP contribution in [0.1, 0.15) is 75.4 Å². The molecule has 0 bridgehead atoms. The van der Waals surface area contributed by atoms with Crippen LogP contribution in [0.3, 0.4) is 0 Å². The molecule has 0 heterocycles. The van der Waals surface area contributed by atoms with Crippen LogP contribution in [0.5, 0.6) is 0 Å². The average Bonchev–Trinajstić information content (AvgIpc) is 2.35. The number of alkyl halides is 1. The second kappa shape index (κ2) is 6.52. The molecule has 1 aliphatic carbocycles.